The van der Waals surface area contributed by atoms with Crippen LogP contribution in [-0.2, 0) is 5.41 Å². The van der Waals surface area contributed by atoms with Gasteiger partial charge in [0.2, 0.25) is 0 Å². The molecular weight excluding hydrogens is 276 g/mol. The first-order valence-electron chi connectivity index (χ1n) is 6.39. The number of rotatable bonds is 5. The lowest BCUT2D eigenvalue weighted by atomic mass is 9.81. The fraction of sp³-hybridized carbons (Fsp3) is 0.600. The molecule has 1 aromatic rings. The van der Waals surface area contributed by atoms with E-state index in [0.29, 0.717) is 10.9 Å². The predicted molar refractivity (Wildman–Crippen MR) is 76.1 cm³/mol. The van der Waals surface area contributed by atoms with E-state index in [1.54, 1.807) is 0 Å². The van der Waals surface area contributed by atoms with E-state index >= 15 is 0 Å². The molecule has 2 heteroatoms. The molecule has 1 aliphatic carbocycles. The third kappa shape index (κ3) is 3.74. The maximum absolute atomic E-state index is 5.76. The van der Waals surface area contributed by atoms with Crippen LogP contribution in [-0.4, -0.2) is 10.9 Å². The second-order valence-electron chi connectivity index (χ2n) is 5.71. The summed E-state index contributed by atoms with van der Waals surface area (Å²) in [5, 5.41) is 0. The summed E-state index contributed by atoms with van der Waals surface area (Å²) in [6, 6.07) is 8.61. The third-order valence-corrected chi connectivity index (χ3v) is 3.58. The van der Waals surface area contributed by atoms with Gasteiger partial charge in [-0.05, 0) is 42.4 Å². The van der Waals surface area contributed by atoms with Crippen LogP contribution in [0.2, 0.25) is 0 Å². The van der Waals surface area contributed by atoms with Gasteiger partial charge in [-0.15, -0.1) is 0 Å². The standard InChI is InChI=1S/C15H21BrO/c1-11(16)10-15(2,3)12-4-6-13(7-5-12)17-14-8-9-14/h4-7,11,14H,8-10H2,1-3H3. The number of hydrogen-bond acceptors (Lipinski definition) is 1. The van der Waals surface area contributed by atoms with Crippen LogP contribution < -0.4 is 4.74 Å². The van der Waals surface area contributed by atoms with E-state index in [9.17, 15) is 0 Å². The fourth-order valence-corrected chi connectivity index (χ4v) is 2.99. The van der Waals surface area contributed by atoms with Crippen molar-refractivity contribution >= 4 is 15.9 Å². The SMILES string of the molecule is CC(Br)CC(C)(C)c1ccc(OC2CC2)cc1. The Labute approximate surface area is 113 Å². The Hall–Kier alpha value is -0.500. The monoisotopic (exact) mass is 296 g/mol. The van der Waals surface area contributed by atoms with Crippen LogP contribution >= 0.6 is 15.9 Å². The van der Waals surface area contributed by atoms with Gasteiger partial charge in [0.15, 0.2) is 0 Å². The Bertz CT molecular complexity index is 363. The van der Waals surface area contributed by atoms with Crippen LogP contribution in [0.3, 0.4) is 0 Å². The van der Waals surface area contributed by atoms with Crippen molar-refractivity contribution in [2.45, 2.75) is 56.4 Å². The zero-order chi connectivity index (χ0) is 12.5. The second-order valence-corrected chi connectivity index (χ2v) is 7.27. The van der Waals surface area contributed by atoms with Gasteiger partial charge in [-0.2, -0.15) is 0 Å². The molecule has 0 heterocycles. The minimum absolute atomic E-state index is 0.209. The van der Waals surface area contributed by atoms with Gasteiger partial charge < -0.3 is 4.74 Å². The van der Waals surface area contributed by atoms with E-state index in [1.807, 2.05) is 0 Å². The van der Waals surface area contributed by atoms with Crippen molar-refractivity contribution < 1.29 is 4.74 Å². The van der Waals surface area contributed by atoms with Crippen LogP contribution in [0, 0.1) is 0 Å². The van der Waals surface area contributed by atoms with Crippen LogP contribution in [0.4, 0.5) is 0 Å². The topological polar surface area (TPSA) is 9.23 Å². The van der Waals surface area contributed by atoms with Gasteiger partial charge in [-0.25, -0.2) is 0 Å². The molecule has 0 spiro atoms. The van der Waals surface area contributed by atoms with Gasteiger partial charge in [0.25, 0.3) is 0 Å². The summed E-state index contributed by atoms with van der Waals surface area (Å²) in [6.07, 6.45) is 4.05. The highest BCUT2D eigenvalue weighted by atomic mass is 79.9. The zero-order valence-corrected chi connectivity index (χ0v) is 12.5. The van der Waals surface area contributed by atoms with Crippen LogP contribution in [0.1, 0.15) is 45.6 Å². The van der Waals surface area contributed by atoms with E-state index in [0.717, 1.165) is 12.2 Å². The van der Waals surface area contributed by atoms with Crippen LogP contribution in [0.15, 0.2) is 24.3 Å². The molecule has 2 rings (SSSR count). The molecule has 0 aromatic heterocycles. The lowest BCUT2D eigenvalue weighted by Crippen LogP contribution is -2.20. The van der Waals surface area contributed by atoms with Crippen molar-refractivity contribution in [3.05, 3.63) is 29.8 Å². The quantitative estimate of drug-likeness (QED) is 0.717. The van der Waals surface area contributed by atoms with E-state index in [2.05, 4.69) is 61.0 Å². The van der Waals surface area contributed by atoms with Gasteiger partial charge in [-0.1, -0.05) is 48.8 Å². The van der Waals surface area contributed by atoms with Crippen molar-refractivity contribution in [2.24, 2.45) is 0 Å². The summed E-state index contributed by atoms with van der Waals surface area (Å²) in [5.74, 6) is 1.01. The Kier molecular flexibility index (Phi) is 3.82. The van der Waals surface area contributed by atoms with E-state index < -0.39 is 0 Å². The lowest BCUT2D eigenvalue weighted by Gasteiger charge is -2.26. The summed E-state index contributed by atoms with van der Waals surface area (Å²) in [5.41, 5.74) is 1.59. The number of hydrogen-bond donors (Lipinski definition) is 0. The van der Waals surface area contributed by atoms with Crippen LogP contribution in [0.5, 0.6) is 5.75 Å². The maximum Gasteiger partial charge on any atom is 0.119 e. The summed E-state index contributed by atoms with van der Waals surface area (Å²) in [6.45, 7) is 6.79. The molecule has 94 valence electrons. The zero-order valence-electron chi connectivity index (χ0n) is 10.9. The summed E-state index contributed by atoms with van der Waals surface area (Å²) in [7, 11) is 0. The van der Waals surface area contributed by atoms with Gasteiger partial charge in [0.05, 0.1) is 6.10 Å². The highest BCUT2D eigenvalue weighted by molar-refractivity contribution is 9.09. The van der Waals surface area contributed by atoms with Gasteiger partial charge in [0.1, 0.15) is 5.75 Å². The molecule has 1 atom stereocenters. The number of ether oxygens (including phenoxy) is 1. The normalized spacial score (nSPS) is 17.9. The van der Waals surface area contributed by atoms with Gasteiger partial charge in [-0.3, -0.25) is 0 Å². The summed E-state index contributed by atoms with van der Waals surface area (Å²) in [4.78, 5) is 0.542. The summed E-state index contributed by atoms with van der Waals surface area (Å²) < 4.78 is 5.76. The van der Waals surface area contributed by atoms with Crippen molar-refractivity contribution in [1.29, 1.82) is 0 Å². The molecule has 0 radical (unpaired) electrons. The molecule has 1 saturated carbocycles. The summed E-state index contributed by atoms with van der Waals surface area (Å²) >= 11 is 3.64. The first-order chi connectivity index (χ1) is 7.97. The van der Waals surface area contributed by atoms with Crippen molar-refractivity contribution in [3.8, 4) is 5.75 Å². The molecule has 0 amide bonds. The molecule has 0 bridgehead atoms. The van der Waals surface area contributed by atoms with E-state index in [4.69, 9.17) is 4.74 Å². The van der Waals surface area contributed by atoms with Crippen LogP contribution in [0.25, 0.3) is 0 Å². The fourth-order valence-electron chi connectivity index (χ4n) is 2.18. The van der Waals surface area contributed by atoms with Crippen molar-refractivity contribution in [3.63, 3.8) is 0 Å². The Morgan fingerprint density at radius 1 is 1.29 bits per heavy atom. The second kappa shape index (κ2) is 5.01. The molecule has 0 aliphatic heterocycles. The molecule has 1 aliphatic rings. The highest BCUT2D eigenvalue weighted by Gasteiger charge is 2.25. The highest BCUT2D eigenvalue weighted by Crippen LogP contribution is 2.33. The average Bonchev–Trinajstić information content (AvgIpc) is 3.00. The lowest BCUT2D eigenvalue weighted by molar-refractivity contribution is 0.303. The third-order valence-electron chi connectivity index (χ3n) is 3.25. The molecule has 1 fully saturated rings. The first kappa shape index (κ1) is 12.9. The van der Waals surface area contributed by atoms with Crippen molar-refractivity contribution in [1.82, 2.24) is 0 Å². The number of benzene rings is 1. The minimum Gasteiger partial charge on any atom is -0.490 e. The molecule has 1 unspecified atom stereocenters. The van der Waals surface area contributed by atoms with E-state index in [1.165, 1.54) is 18.4 Å². The molecule has 1 nitrogen and oxygen atoms in total. The Morgan fingerprint density at radius 3 is 2.35 bits per heavy atom. The molecule has 1 aromatic carbocycles. The van der Waals surface area contributed by atoms with Crippen molar-refractivity contribution in [2.75, 3.05) is 0 Å². The molecular formula is C15H21BrO. The molecule has 17 heavy (non-hydrogen) atoms. The smallest absolute Gasteiger partial charge is 0.119 e. The number of halogens is 1. The van der Waals surface area contributed by atoms with Gasteiger partial charge in [0, 0.05) is 4.83 Å². The Balaban J connectivity index is 2.04. The number of alkyl halides is 1. The largest absolute Gasteiger partial charge is 0.490 e. The molecule has 0 saturated heterocycles. The predicted octanol–water partition coefficient (Wildman–Crippen LogP) is 4.68. The van der Waals surface area contributed by atoms with E-state index in [-0.39, 0.29) is 5.41 Å². The first-order valence-corrected chi connectivity index (χ1v) is 7.30. The average molecular weight is 297 g/mol. The maximum atomic E-state index is 5.76. The molecule has 0 N–H and O–H groups in total. The Morgan fingerprint density at radius 2 is 1.88 bits per heavy atom. The van der Waals surface area contributed by atoms with Gasteiger partial charge >= 0.3 is 0 Å². The minimum atomic E-state index is 0.209.